The lowest BCUT2D eigenvalue weighted by Gasteiger charge is -2.05. The number of amidine groups is 1. The Morgan fingerprint density at radius 1 is 1.40 bits per heavy atom. The van der Waals surface area contributed by atoms with Crippen molar-refractivity contribution in [3.63, 3.8) is 0 Å². The quantitative estimate of drug-likeness (QED) is 0.850. The monoisotopic (exact) mass is 224 g/mol. The molecule has 1 aliphatic heterocycles. The zero-order chi connectivity index (χ0) is 10.5. The van der Waals surface area contributed by atoms with Gasteiger partial charge in [0.05, 0.1) is 6.54 Å². The van der Waals surface area contributed by atoms with Gasteiger partial charge in [-0.1, -0.05) is 30.0 Å². The summed E-state index contributed by atoms with van der Waals surface area (Å²) in [5.41, 5.74) is 0.758. The first-order chi connectivity index (χ1) is 7.36. The van der Waals surface area contributed by atoms with Gasteiger partial charge in [-0.3, -0.25) is 4.99 Å². The Kier molecular flexibility index (Phi) is 3.61. The number of rotatable bonds is 3. The van der Waals surface area contributed by atoms with E-state index in [0.717, 1.165) is 29.6 Å². The number of nitrogens with zero attached hydrogens (tertiary/aromatic N) is 1. The molecular formula is C11H13FN2S. The number of halogens is 1. The molecule has 0 fully saturated rings. The van der Waals surface area contributed by atoms with Crippen molar-refractivity contribution < 1.29 is 4.39 Å². The maximum Gasteiger partial charge on any atom is 0.156 e. The third-order valence-corrected chi connectivity index (χ3v) is 3.15. The molecule has 0 saturated carbocycles. The molecule has 0 atom stereocenters. The molecule has 1 aromatic rings. The van der Waals surface area contributed by atoms with Gasteiger partial charge in [0.25, 0.3) is 0 Å². The van der Waals surface area contributed by atoms with E-state index in [2.05, 4.69) is 10.3 Å². The maximum absolute atomic E-state index is 13.2. The van der Waals surface area contributed by atoms with Gasteiger partial charge >= 0.3 is 0 Å². The molecule has 2 rings (SSSR count). The minimum Gasteiger partial charge on any atom is -0.365 e. The van der Waals surface area contributed by atoms with Gasteiger partial charge in [-0.15, -0.1) is 0 Å². The molecular weight excluding hydrogens is 211 g/mol. The molecule has 0 aliphatic carbocycles. The average molecular weight is 224 g/mol. The summed E-state index contributed by atoms with van der Waals surface area (Å²) in [5, 5.41) is 4.20. The van der Waals surface area contributed by atoms with Crippen molar-refractivity contribution >= 4 is 16.9 Å². The molecule has 0 bridgehead atoms. The van der Waals surface area contributed by atoms with E-state index >= 15 is 0 Å². The Morgan fingerprint density at radius 3 is 3.00 bits per heavy atom. The standard InChI is InChI=1S/C11H13FN2S/c12-10-4-2-1-3-9(10)5-6-13-11-14-7-8-15-11/h1-4H,5-8H2,(H,13,14). The summed E-state index contributed by atoms with van der Waals surface area (Å²) in [6.45, 7) is 1.64. The first-order valence-corrected chi connectivity index (χ1v) is 5.99. The first-order valence-electron chi connectivity index (χ1n) is 5.01. The molecule has 0 amide bonds. The van der Waals surface area contributed by atoms with Crippen molar-refractivity contribution in [2.75, 3.05) is 18.8 Å². The number of hydrogen-bond acceptors (Lipinski definition) is 3. The Balaban J connectivity index is 1.80. The molecule has 0 spiro atoms. The van der Waals surface area contributed by atoms with Gasteiger partial charge in [-0.05, 0) is 18.1 Å². The summed E-state index contributed by atoms with van der Waals surface area (Å²) in [5.74, 6) is 0.933. The third-order valence-electron chi connectivity index (χ3n) is 2.21. The number of thioether (sulfide) groups is 1. The summed E-state index contributed by atoms with van der Waals surface area (Å²) < 4.78 is 13.2. The van der Waals surface area contributed by atoms with Crippen molar-refractivity contribution in [1.29, 1.82) is 0 Å². The molecule has 4 heteroatoms. The number of nitrogens with one attached hydrogen (secondary N) is 1. The molecule has 80 valence electrons. The van der Waals surface area contributed by atoms with Crippen LogP contribution in [-0.2, 0) is 6.42 Å². The predicted molar refractivity (Wildman–Crippen MR) is 62.9 cm³/mol. The Hall–Kier alpha value is -1.03. The third kappa shape index (κ3) is 2.96. The SMILES string of the molecule is Fc1ccccc1CCNC1=NCCS1. The fourth-order valence-electron chi connectivity index (χ4n) is 1.45. The van der Waals surface area contributed by atoms with E-state index in [1.54, 1.807) is 17.8 Å². The topological polar surface area (TPSA) is 24.4 Å². The normalized spacial score (nSPS) is 15.1. The number of benzene rings is 1. The van der Waals surface area contributed by atoms with Crippen molar-refractivity contribution in [3.05, 3.63) is 35.6 Å². The lowest BCUT2D eigenvalue weighted by molar-refractivity contribution is 0.607. The van der Waals surface area contributed by atoms with Crippen LogP contribution in [-0.4, -0.2) is 24.0 Å². The van der Waals surface area contributed by atoms with Gasteiger partial charge in [0.15, 0.2) is 5.17 Å². The minimum absolute atomic E-state index is 0.125. The van der Waals surface area contributed by atoms with Crippen LogP contribution in [0.4, 0.5) is 4.39 Å². The van der Waals surface area contributed by atoms with Crippen molar-refractivity contribution in [2.45, 2.75) is 6.42 Å². The van der Waals surface area contributed by atoms with Gasteiger partial charge in [-0.2, -0.15) is 0 Å². The molecule has 1 heterocycles. The molecule has 1 N–H and O–H groups in total. The lowest BCUT2D eigenvalue weighted by Crippen LogP contribution is -2.21. The molecule has 1 aromatic carbocycles. The van der Waals surface area contributed by atoms with Gasteiger partial charge in [0.1, 0.15) is 5.82 Å². The van der Waals surface area contributed by atoms with Crippen LogP contribution in [0.3, 0.4) is 0 Å². The Labute approximate surface area is 93.0 Å². The second-order valence-electron chi connectivity index (χ2n) is 3.30. The van der Waals surface area contributed by atoms with Crippen LogP contribution < -0.4 is 5.32 Å². The summed E-state index contributed by atoms with van der Waals surface area (Å²) in [4.78, 5) is 4.26. The second-order valence-corrected chi connectivity index (χ2v) is 4.39. The van der Waals surface area contributed by atoms with Crippen molar-refractivity contribution in [2.24, 2.45) is 4.99 Å². The zero-order valence-corrected chi connectivity index (χ0v) is 9.19. The first kappa shape index (κ1) is 10.5. The Bertz CT molecular complexity index is 365. The zero-order valence-electron chi connectivity index (χ0n) is 8.37. The molecule has 0 aromatic heterocycles. The molecule has 1 aliphatic rings. The molecule has 2 nitrogen and oxygen atoms in total. The highest BCUT2D eigenvalue weighted by atomic mass is 32.2. The van der Waals surface area contributed by atoms with E-state index in [1.165, 1.54) is 6.07 Å². The van der Waals surface area contributed by atoms with Crippen LogP contribution in [0.25, 0.3) is 0 Å². The van der Waals surface area contributed by atoms with E-state index < -0.39 is 0 Å². The average Bonchev–Trinajstić information content (AvgIpc) is 2.74. The highest BCUT2D eigenvalue weighted by molar-refractivity contribution is 8.14. The largest absolute Gasteiger partial charge is 0.365 e. The highest BCUT2D eigenvalue weighted by Gasteiger charge is 2.06. The minimum atomic E-state index is -0.125. The van der Waals surface area contributed by atoms with E-state index in [1.807, 2.05) is 12.1 Å². The number of hydrogen-bond donors (Lipinski definition) is 1. The fourth-order valence-corrected chi connectivity index (χ4v) is 2.21. The van der Waals surface area contributed by atoms with Crippen LogP contribution in [0.5, 0.6) is 0 Å². The molecule has 0 radical (unpaired) electrons. The predicted octanol–water partition coefficient (Wildman–Crippen LogP) is 2.06. The smallest absolute Gasteiger partial charge is 0.156 e. The molecule has 0 unspecified atom stereocenters. The fraction of sp³-hybridized carbons (Fsp3) is 0.364. The summed E-state index contributed by atoms with van der Waals surface area (Å²) in [6.07, 6.45) is 0.701. The van der Waals surface area contributed by atoms with Crippen molar-refractivity contribution in [1.82, 2.24) is 5.32 Å². The van der Waals surface area contributed by atoms with Crippen LogP contribution in [0.15, 0.2) is 29.3 Å². The second kappa shape index (κ2) is 5.16. The van der Waals surface area contributed by atoms with E-state index in [4.69, 9.17) is 0 Å². The van der Waals surface area contributed by atoms with Gasteiger partial charge in [0, 0.05) is 12.3 Å². The van der Waals surface area contributed by atoms with Crippen molar-refractivity contribution in [3.8, 4) is 0 Å². The van der Waals surface area contributed by atoms with E-state index in [9.17, 15) is 4.39 Å². The summed E-state index contributed by atoms with van der Waals surface area (Å²) >= 11 is 1.73. The van der Waals surface area contributed by atoms with Gasteiger partial charge < -0.3 is 5.32 Å². The summed E-state index contributed by atoms with van der Waals surface area (Å²) in [7, 11) is 0. The summed E-state index contributed by atoms with van der Waals surface area (Å²) in [6, 6.07) is 6.89. The van der Waals surface area contributed by atoms with Crippen LogP contribution >= 0.6 is 11.8 Å². The van der Waals surface area contributed by atoms with Crippen LogP contribution in [0.1, 0.15) is 5.56 Å². The van der Waals surface area contributed by atoms with Gasteiger partial charge in [0.2, 0.25) is 0 Å². The molecule has 15 heavy (non-hydrogen) atoms. The highest BCUT2D eigenvalue weighted by Crippen LogP contribution is 2.10. The van der Waals surface area contributed by atoms with Gasteiger partial charge in [-0.25, -0.2) is 4.39 Å². The molecule has 0 saturated heterocycles. The lowest BCUT2D eigenvalue weighted by atomic mass is 10.1. The van der Waals surface area contributed by atoms with Crippen LogP contribution in [0.2, 0.25) is 0 Å². The Morgan fingerprint density at radius 2 is 2.27 bits per heavy atom. The number of aliphatic imine (C=N–C) groups is 1. The van der Waals surface area contributed by atoms with E-state index in [0.29, 0.717) is 6.42 Å². The van der Waals surface area contributed by atoms with E-state index in [-0.39, 0.29) is 5.82 Å². The van der Waals surface area contributed by atoms with Crippen LogP contribution in [0, 0.1) is 5.82 Å². The maximum atomic E-state index is 13.2.